The van der Waals surface area contributed by atoms with E-state index < -0.39 is 5.97 Å². The largest absolute Gasteiger partial charge is 0.481 e. The van der Waals surface area contributed by atoms with E-state index in [0.717, 1.165) is 30.4 Å². The number of carboxylic acid groups (broad SMARTS) is 1. The number of carbonyl (C=O) groups is 1. The summed E-state index contributed by atoms with van der Waals surface area (Å²) in [5, 5.41) is 17.8. The molecule has 1 N–H and O–H groups in total. The first-order valence-electron chi connectivity index (χ1n) is 6.72. The van der Waals surface area contributed by atoms with Crippen LogP contribution in [0.1, 0.15) is 39.9 Å². The molecular weight excluding hydrogens is 262 g/mol. The van der Waals surface area contributed by atoms with Gasteiger partial charge in [0.1, 0.15) is 5.82 Å². The Hall–Kier alpha value is -1.04. The summed E-state index contributed by atoms with van der Waals surface area (Å²) in [6.45, 7) is 9.54. The number of thioether (sulfide) groups is 1. The fourth-order valence-corrected chi connectivity index (χ4v) is 2.33. The third-order valence-electron chi connectivity index (χ3n) is 3.20. The predicted molar refractivity (Wildman–Crippen MR) is 76.4 cm³/mol. The summed E-state index contributed by atoms with van der Waals surface area (Å²) in [7, 11) is 0. The Kier molecular flexibility index (Phi) is 6.34. The lowest BCUT2D eigenvalue weighted by molar-refractivity contribution is -0.133. The number of aryl methyl sites for hydroxylation is 1. The van der Waals surface area contributed by atoms with Crippen LogP contribution in [0.2, 0.25) is 0 Å². The summed E-state index contributed by atoms with van der Waals surface area (Å²) >= 11 is 1.25. The summed E-state index contributed by atoms with van der Waals surface area (Å²) in [5.74, 6) is 1.25. The minimum absolute atomic E-state index is 0.0281. The van der Waals surface area contributed by atoms with Gasteiger partial charge in [-0.1, -0.05) is 39.5 Å². The molecule has 1 aromatic rings. The van der Waals surface area contributed by atoms with E-state index >= 15 is 0 Å². The fourth-order valence-electron chi connectivity index (χ4n) is 1.64. The van der Waals surface area contributed by atoms with Crippen LogP contribution in [0.3, 0.4) is 0 Å². The van der Waals surface area contributed by atoms with Crippen molar-refractivity contribution in [2.24, 2.45) is 11.8 Å². The first-order valence-corrected chi connectivity index (χ1v) is 7.70. The first kappa shape index (κ1) is 16.0. The normalized spacial score (nSPS) is 12.9. The van der Waals surface area contributed by atoms with Crippen LogP contribution in [0.25, 0.3) is 0 Å². The van der Waals surface area contributed by atoms with Gasteiger partial charge < -0.3 is 9.67 Å². The third-order valence-corrected chi connectivity index (χ3v) is 4.15. The second-order valence-electron chi connectivity index (χ2n) is 5.16. The fraction of sp³-hybridized carbons (Fsp3) is 0.769. The Bertz CT molecular complexity index is 418. The van der Waals surface area contributed by atoms with Crippen molar-refractivity contribution in [1.82, 2.24) is 14.8 Å². The van der Waals surface area contributed by atoms with E-state index in [1.54, 1.807) is 0 Å². The van der Waals surface area contributed by atoms with Crippen LogP contribution in [0.5, 0.6) is 0 Å². The minimum Gasteiger partial charge on any atom is -0.481 e. The van der Waals surface area contributed by atoms with Gasteiger partial charge in [-0.05, 0) is 18.3 Å². The van der Waals surface area contributed by atoms with E-state index in [1.165, 1.54) is 11.8 Å². The van der Waals surface area contributed by atoms with Gasteiger partial charge in [0.15, 0.2) is 5.16 Å². The van der Waals surface area contributed by atoms with Crippen molar-refractivity contribution in [2.75, 3.05) is 5.75 Å². The summed E-state index contributed by atoms with van der Waals surface area (Å²) < 4.78 is 2.09. The molecular formula is C13H23N3O2S. The molecule has 0 aromatic carbocycles. The SMILES string of the molecule is CCCc1nnc(SCC(=O)O)n1CC(C)C(C)C. The smallest absolute Gasteiger partial charge is 0.313 e. The molecule has 0 aliphatic rings. The lowest BCUT2D eigenvalue weighted by atomic mass is 9.98. The maximum atomic E-state index is 10.7. The molecule has 0 fully saturated rings. The van der Waals surface area contributed by atoms with Crippen molar-refractivity contribution >= 4 is 17.7 Å². The quantitative estimate of drug-likeness (QED) is 0.744. The molecule has 1 rings (SSSR count). The van der Waals surface area contributed by atoms with Gasteiger partial charge >= 0.3 is 5.97 Å². The van der Waals surface area contributed by atoms with Crippen LogP contribution in [-0.4, -0.2) is 31.6 Å². The van der Waals surface area contributed by atoms with Gasteiger partial charge in [-0.3, -0.25) is 4.79 Å². The molecule has 0 aliphatic carbocycles. The van der Waals surface area contributed by atoms with Crippen molar-refractivity contribution < 1.29 is 9.90 Å². The average molecular weight is 285 g/mol. The van der Waals surface area contributed by atoms with Crippen molar-refractivity contribution in [1.29, 1.82) is 0 Å². The highest BCUT2D eigenvalue weighted by atomic mass is 32.2. The highest BCUT2D eigenvalue weighted by molar-refractivity contribution is 7.99. The Morgan fingerprint density at radius 2 is 2.05 bits per heavy atom. The molecule has 0 amide bonds. The molecule has 5 nitrogen and oxygen atoms in total. The lowest BCUT2D eigenvalue weighted by Gasteiger charge is -2.18. The highest BCUT2D eigenvalue weighted by Gasteiger charge is 2.17. The predicted octanol–water partition coefficient (Wildman–Crippen LogP) is 2.70. The molecule has 1 atom stereocenters. The van der Waals surface area contributed by atoms with Crippen LogP contribution in [0.4, 0.5) is 0 Å². The van der Waals surface area contributed by atoms with Crippen LogP contribution in [0, 0.1) is 11.8 Å². The molecule has 0 saturated carbocycles. The molecule has 0 radical (unpaired) electrons. The average Bonchev–Trinajstić information content (AvgIpc) is 2.70. The van der Waals surface area contributed by atoms with Crippen molar-refractivity contribution in [3.05, 3.63) is 5.82 Å². The third kappa shape index (κ3) is 4.86. The summed E-state index contributed by atoms with van der Waals surface area (Å²) in [6.07, 6.45) is 1.89. The van der Waals surface area contributed by atoms with Gasteiger partial charge in [-0.15, -0.1) is 10.2 Å². The van der Waals surface area contributed by atoms with Gasteiger partial charge in [0, 0.05) is 13.0 Å². The zero-order valence-electron chi connectivity index (χ0n) is 12.1. The molecule has 1 aromatic heterocycles. The van der Waals surface area contributed by atoms with E-state index in [9.17, 15) is 4.79 Å². The zero-order chi connectivity index (χ0) is 14.4. The molecule has 108 valence electrons. The maximum Gasteiger partial charge on any atom is 0.313 e. The molecule has 0 spiro atoms. The Labute approximate surface area is 118 Å². The molecule has 19 heavy (non-hydrogen) atoms. The second-order valence-corrected chi connectivity index (χ2v) is 6.11. The number of carboxylic acids is 1. The Balaban J connectivity index is 2.87. The number of aliphatic carboxylic acids is 1. The van der Waals surface area contributed by atoms with E-state index in [0.29, 0.717) is 11.8 Å². The summed E-state index contributed by atoms with van der Waals surface area (Å²) in [4.78, 5) is 10.7. The molecule has 0 aliphatic heterocycles. The molecule has 1 unspecified atom stereocenters. The van der Waals surface area contributed by atoms with Crippen molar-refractivity contribution in [3.63, 3.8) is 0 Å². The van der Waals surface area contributed by atoms with Crippen LogP contribution in [-0.2, 0) is 17.8 Å². The van der Waals surface area contributed by atoms with E-state index in [-0.39, 0.29) is 5.75 Å². The number of rotatable bonds is 8. The van der Waals surface area contributed by atoms with Gasteiger partial charge in [0.2, 0.25) is 0 Å². The highest BCUT2D eigenvalue weighted by Crippen LogP contribution is 2.21. The Morgan fingerprint density at radius 3 is 2.58 bits per heavy atom. The van der Waals surface area contributed by atoms with Crippen LogP contribution >= 0.6 is 11.8 Å². The number of hydrogen-bond donors (Lipinski definition) is 1. The van der Waals surface area contributed by atoms with Crippen LogP contribution < -0.4 is 0 Å². The monoisotopic (exact) mass is 285 g/mol. The lowest BCUT2D eigenvalue weighted by Crippen LogP contribution is -2.16. The number of nitrogens with zero attached hydrogens (tertiary/aromatic N) is 3. The first-order chi connectivity index (χ1) is 8.95. The zero-order valence-corrected chi connectivity index (χ0v) is 12.9. The van der Waals surface area contributed by atoms with E-state index in [1.807, 2.05) is 0 Å². The number of aromatic nitrogens is 3. The topological polar surface area (TPSA) is 68.0 Å². The maximum absolute atomic E-state index is 10.7. The van der Waals surface area contributed by atoms with Gasteiger partial charge in [0.25, 0.3) is 0 Å². The summed E-state index contributed by atoms with van der Waals surface area (Å²) in [6, 6.07) is 0. The molecule has 0 saturated heterocycles. The van der Waals surface area contributed by atoms with Gasteiger partial charge in [0.05, 0.1) is 5.75 Å². The second kappa shape index (κ2) is 7.53. The molecule has 1 heterocycles. The van der Waals surface area contributed by atoms with Gasteiger partial charge in [-0.2, -0.15) is 0 Å². The van der Waals surface area contributed by atoms with Crippen molar-refractivity contribution in [3.8, 4) is 0 Å². The standard InChI is InChI=1S/C13H23N3O2S/c1-5-6-11-14-15-13(19-8-12(17)18)16(11)7-10(4)9(2)3/h9-10H,5-8H2,1-4H3,(H,17,18). The van der Waals surface area contributed by atoms with Gasteiger partial charge in [-0.25, -0.2) is 0 Å². The van der Waals surface area contributed by atoms with E-state index in [2.05, 4.69) is 42.5 Å². The number of hydrogen-bond acceptors (Lipinski definition) is 4. The summed E-state index contributed by atoms with van der Waals surface area (Å²) in [5.41, 5.74) is 0. The van der Waals surface area contributed by atoms with Crippen LogP contribution in [0.15, 0.2) is 5.16 Å². The van der Waals surface area contributed by atoms with Crippen molar-refractivity contribution in [2.45, 2.75) is 52.2 Å². The molecule has 0 bridgehead atoms. The molecule has 6 heteroatoms. The minimum atomic E-state index is -0.825. The van der Waals surface area contributed by atoms with E-state index in [4.69, 9.17) is 5.11 Å². The Morgan fingerprint density at radius 1 is 1.37 bits per heavy atom.